The molecule has 2 aliphatic heterocycles. The molecular weight excluding hydrogens is 328 g/mol. The van der Waals surface area contributed by atoms with Crippen LogP contribution >= 0.6 is 0 Å². The molecule has 2 heterocycles. The summed E-state index contributed by atoms with van der Waals surface area (Å²) in [6, 6.07) is 10.3. The molecule has 0 spiro atoms. The number of piperidine rings is 1. The summed E-state index contributed by atoms with van der Waals surface area (Å²) < 4.78 is 0. The van der Waals surface area contributed by atoms with E-state index < -0.39 is 0 Å². The third-order valence-electron chi connectivity index (χ3n) is 7.05. The minimum Gasteiger partial charge on any atom is -0.396 e. The van der Waals surface area contributed by atoms with Crippen LogP contribution in [0.25, 0.3) is 0 Å². The molecule has 5 rings (SSSR count). The van der Waals surface area contributed by atoms with Crippen LogP contribution < -0.4 is 0 Å². The van der Waals surface area contributed by atoms with Crippen LogP contribution in [-0.4, -0.2) is 59.5 Å². The number of hydrogen-bond acceptors (Lipinski definition) is 3. The Morgan fingerprint density at radius 2 is 1.96 bits per heavy atom. The summed E-state index contributed by atoms with van der Waals surface area (Å²) in [6.45, 7) is 2.95. The Kier molecular flexibility index (Phi) is 3.64. The van der Waals surface area contributed by atoms with Gasteiger partial charge in [0.1, 0.15) is 0 Å². The molecule has 1 N–H and O–H groups in total. The normalized spacial score (nSPS) is 37.6. The highest BCUT2D eigenvalue weighted by Crippen LogP contribution is 2.60. The van der Waals surface area contributed by atoms with Crippen LogP contribution in [-0.2, 0) is 9.59 Å². The van der Waals surface area contributed by atoms with E-state index in [1.807, 2.05) is 28.0 Å². The average Bonchev–Trinajstić information content (AvgIpc) is 3.52. The highest BCUT2D eigenvalue weighted by atomic mass is 16.3. The second kappa shape index (κ2) is 5.81. The van der Waals surface area contributed by atoms with Gasteiger partial charge in [0.25, 0.3) is 0 Å². The summed E-state index contributed by atoms with van der Waals surface area (Å²) in [4.78, 5) is 29.8. The first-order valence-corrected chi connectivity index (χ1v) is 9.86. The van der Waals surface area contributed by atoms with Crippen molar-refractivity contribution in [2.75, 3.05) is 32.8 Å². The third-order valence-corrected chi connectivity index (χ3v) is 7.05. The van der Waals surface area contributed by atoms with E-state index in [1.165, 1.54) is 5.56 Å². The number of fused-ring (bicyclic) bond motifs is 1. The van der Waals surface area contributed by atoms with E-state index in [0.29, 0.717) is 24.9 Å². The van der Waals surface area contributed by atoms with Crippen molar-refractivity contribution in [2.24, 2.45) is 23.2 Å². The Bertz CT molecular complexity index is 736. The van der Waals surface area contributed by atoms with Crippen LogP contribution in [0.15, 0.2) is 30.3 Å². The van der Waals surface area contributed by atoms with Gasteiger partial charge < -0.3 is 14.9 Å². The van der Waals surface area contributed by atoms with Crippen LogP contribution in [0.5, 0.6) is 0 Å². The Morgan fingerprint density at radius 1 is 1.15 bits per heavy atom. The first-order valence-electron chi connectivity index (χ1n) is 9.86. The lowest BCUT2D eigenvalue weighted by atomic mass is 10.0. The Hall–Kier alpha value is -1.88. The second-order valence-corrected chi connectivity index (χ2v) is 8.72. The van der Waals surface area contributed by atoms with Gasteiger partial charge in [-0.2, -0.15) is 0 Å². The smallest absolute Gasteiger partial charge is 0.230 e. The van der Waals surface area contributed by atoms with E-state index in [4.69, 9.17) is 0 Å². The SMILES string of the molecule is O=C(C1CC1c1ccccc1)N1CC2CC2(C(=O)N2CC[C@H](CO)C2)C1. The van der Waals surface area contributed by atoms with Gasteiger partial charge in [0.2, 0.25) is 11.8 Å². The molecule has 2 amide bonds. The van der Waals surface area contributed by atoms with Gasteiger partial charge in [0.15, 0.2) is 0 Å². The minimum absolute atomic E-state index is 0.104. The van der Waals surface area contributed by atoms with Crippen molar-refractivity contribution >= 4 is 11.8 Å². The number of carbonyl (C=O) groups excluding carboxylic acids is 2. The topological polar surface area (TPSA) is 60.9 Å². The number of aliphatic hydroxyl groups is 1. The summed E-state index contributed by atoms with van der Waals surface area (Å²) in [7, 11) is 0. The number of aliphatic hydroxyl groups excluding tert-OH is 1. The van der Waals surface area contributed by atoms with Gasteiger partial charge in [-0.25, -0.2) is 0 Å². The Labute approximate surface area is 154 Å². The maximum absolute atomic E-state index is 13.0. The van der Waals surface area contributed by atoms with E-state index in [-0.39, 0.29) is 35.7 Å². The molecule has 2 saturated heterocycles. The van der Waals surface area contributed by atoms with Gasteiger partial charge in [0.05, 0.1) is 5.41 Å². The van der Waals surface area contributed by atoms with Crippen LogP contribution in [0.3, 0.4) is 0 Å². The lowest BCUT2D eigenvalue weighted by Crippen LogP contribution is -2.41. The average molecular weight is 354 g/mol. The molecule has 0 radical (unpaired) electrons. The molecule has 0 aromatic heterocycles. The summed E-state index contributed by atoms with van der Waals surface area (Å²) in [6.07, 6.45) is 2.77. The summed E-state index contributed by atoms with van der Waals surface area (Å²) in [5, 5.41) is 9.32. The molecule has 2 aliphatic carbocycles. The zero-order valence-corrected chi connectivity index (χ0v) is 15.0. The van der Waals surface area contributed by atoms with Crippen molar-refractivity contribution in [3.05, 3.63) is 35.9 Å². The number of benzene rings is 1. The van der Waals surface area contributed by atoms with Gasteiger partial charge in [-0.15, -0.1) is 0 Å². The lowest BCUT2D eigenvalue weighted by Gasteiger charge is -2.25. The van der Waals surface area contributed by atoms with Crippen molar-refractivity contribution < 1.29 is 14.7 Å². The van der Waals surface area contributed by atoms with Gasteiger partial charge in [0, 0.05) is 44.6 Å². The molecule has 4 aliphatic rings. The fourth-order valence-corrected chi connectivity index (χ4v) is 5.23. The monoisotopic (exact) mass is 354 g/mol. The third kappa shape index (κ3) is 2.48. The van der Waals surface area contributed by atoms with E-state index in [0.717, 1.165) is 32.4 Å². The van der Waals surface area contributed by atoms with Crippen molar-refractivity contribution in [3.63, 3.8) is 0 Å². The Morgan fingerprint density at radius 3 is 2.69 bits per heavy atom. The van der Waals surface area contributed by atoms with Crippen LogP contribution in [0.4, 0.5) is 0 Å². The molecule has 4 fully saturated rings. The van der Waals surface area contributed by atoms with Crippen LogP contribution in [0.2, 0.25) is 0 Å². The molecule has 2 saturated carbocycles. The second-order valence-electron chi connectivity index (χ2n) is 8.72. The largest absolute Gasteiger partial charge is 0.396 e. The summed E-state index contributed by atoms with van der Waals surface area (Å²) in [5.41, 5.74) is 0.949. The highest BCUT2D eigenvalue weighted by Gasteiger charge is 2.67. The van der Waals surface area contributed by atoms with Crippen molar-refractivity contribution in [3.8, 4) is 0 Å². The van der Waals surface area contributed by atoms with Crippen molar-refractivity contribution in [1.82, 2.24) is 9.80 Å². The molecule has 26 heavy (non-hydrogen) atoms. The van der Waals surface area contributed by atoms with Crippen molar-refractivity contribution in [1.29, 1.82) is 0 Å². The highest BCUT2D eigenvalue weighted by molar-refractivity contribution is 5.90. The number of hydrogen-bond donors (Lipinski definition) is 1. The molecule has 4 unspecified atom stereocenters. The van der Waals surface area contributed by atoms with E-state index in [9.17, 15) is 14.7 Å². The predicted molar refractivity (Wildman–Crippen MR) is 96.2 cm³/mol. The molecule has 1 aromatic rings. The summed E-state index contributed by atoms with van der Waals surface area (Å²) in [5.74, 6) is 1.51. The van der Waals surface area contributed by atoms with Crippen molar-refractivity contribution in [2.45, 2.75) is 25.2 Å². The molecule has 5 atom stereocenters. The zero-order chi connectivity index (χ0) is 17.9. The number of amides is 2. The summed E-state index contributed by atoms with van der Waals surface area (Å²) >= 11 is 0. The quantitative estimate of drug-likeness (QED) is 0.891. The van der Waals surface area contributed by atoms with Crippen LogP contribution in [0, 0.1) is 23.2 Å². The Balaban J connectivity index is 1.22. The predicted octanol–water partition coefficient (Wildman–Crippen LogP) is 1.48. The van der Waals surface area contributed by atoms with Gasteiger partial charge in [-0.3, -0.25) is 9.59 Å². The van der Waals surface area contributed by atoms with E-state index >= 15 is 0 Å². The maximum Gasteiger partial charge on any atom is 0.230 e. The molecule has 0 bridgehead atoms. The molecule has 1 aromatic carbocycles. The molecular formula is C21H26N2O3. The zero-order valence-electron chi connectivity index (χ0n) is 15.0. The number of rotatable bonds is 4. The van der Waals surface area contributed by atoms with Gasteiger partial charge in [-0.1, -0.05) is 30.3 Å². The van der Waals surface area contributed by atoms with Gasteiger partial charge >= 0.3 is 0 Å². The molecule has 138 valence electrons. The number of nitrogens with zero attached hydrogens (tertiary/aromatic N) is 2. The minimum atomic E-state index is -0.308. The van der Waals surface area contributed by atoms with E-state index in [1.54, 1.807) is 0 Å². The first-order chi connectivity index (χ1) is 12.6. The van der Waals surface area contributed by atoms with Gasteiger partial charge in [-0.05, 0) is 36.7 Å². The number of likely N-dealkylation sites (tertiary alicyclic amines) is 2. The van der Waals surface area contributed by atoms with Crippen LogP contribution in [0.1, 0.15) is 30.7 Å². The standard InChI is InChI=1S/C21H26N2O3/c24-12-14-6-7-22(10-14)20(26)21-9-16(21)11-23(13-21)19(25)18-8-17(18)15-4-2-1-3-5-15/h1-5,14,16-18,24H,6-13H2/t14-,16?,17?,18?,21?/m0/s1. The number of carbonyl (C=O) groups is 2. The molecule has 5 nitrogen and oxygen atoms in total. The van der Waals surface area contributed by atoms with E-state index in [2.05, 4.69) is 12.1 Å². The maximum atomic E-state index is 13.0. The fraction of sp³-hybridized carbons (Fsp3) is 0.619. The first kappa shape index (κ1) is 16.3. The fourth-order valence-electron chi connectivity index (χ4n) is 5.23. The lowest BCUT2D eigenvalue weighted by molar-refractivity contribution is -0.137. The molecule has 5 heteroatoms.